The first-order chi connectivity index (χ1) is 10.8. The van der Waals surface area contributed by atoms with Crippen molar-refractivity contribution >= 4 is 21.7 Å². The Morgan fingerprint density at radius 1 is 1.39 bits per heavy atom. The monoisotopic (exact) mass is 337 g/mol. The molecule has 0 radical (unpaired) electrons. The van der Waals surface area contributed by atoms with E-state index in [2.05, 4.69) is 9.82 Å². The van der Waals surface area contributed by atoms with Crippen molar-refractivity contribution in [1.82, 2.24) is 9.78 Å². The number of anilines is 1. The molecule has 1 fully saturated rings. The minimum atomic E-state index is -3.85. The third-order valence-corrected chi connectivity index (χ3v) is 4.88. The molecular weight excluding hydrogens is 322 g/mol. The molecule has 0 atom stereocenters. The van der Waals surface area contributed by atoms with Crippen LogP contribution < -0.4 is 4.72 Å². The molecule has 9 heteroatoms. The molecule has 8 nitrogen and oxygen atoms in total. The van der Waals surface area contributed by atoms with Crippen LogP contribution in [0.4, 0.5) is 5.69 Å². The normalized spacial score (nSPS) is 14.6. The molecule has 1 aliphatic carbocycles. The first-order valence-corrected chi connectivity index (χ1v) is 8.45. The SMILES string of the molecule is O=C(O)c1ccc(NS(=O)(=O)c2cnn(CC3CC3)c2)cc1O. The minimum absolute atomic E-state index is 0.0138. The average Bonchev–Trinajstić information content (AvgIpc) is 3.12. The lowest BCUT2D eigenvalue weighted by Gasteiger charge is -2.07. The van der Waals surface area contributed by atoms with Crippen molar-refractivity contribution in [2.45, 2.75) is 24.3 Å². The quantitative estimate of drug-likeness (QED) is 0.734. The Hall–Kier alpha value is -2.55. The van der Waals surface area contributed by atoms with Crippen LogP contribution in [0.1, 0.15) is 23.2 Å². The fraction of sp³-hybridized carbons (Fsp3) is 0.286. The Balaban J connectivity index is 1.78. The summed E-state index contributed by atoms with van der Waals surface area (Å²) in [5.74, 6) is -1.24. The van der Waals surface area contributed by atoms with Crippen molar-refractivity contribution in [2.24, 2.45) is 5.92 Å². The van der Waals surface area contributed by atoms with E-state index in [9.17, 15) is 18.3 Å². The fourth-order valence-electron chi connectivity index (χ4n) is 2.14. The number of aromatic hydroxyl groups is 1. The maximum atomic E-state index is 12.3. The van der Waals surface area contributed by atoms with Crippen molar-refractivity contribution in [3.8, 4) is 5.75 Å². The Bertz CT molecular complexity index is 855. The molecular formula is C14H15N3O5S. The predicted octanol–water partition coefficient (Wildman–Crippen LogP) is 1.50. The highest BCUT2D eigenvalue weighted by atomic mass is 32.2. The van der Waals surface area contributed by atoms with Gasteiger partial charge in [0.05, 0.1) is 11.9 Å². The molecule has 1 aromatic heterocycles. The minimum Gasteiger partial charge on any atom is -0.507 e. The predicted molar refractivity (Wildman–Crippen MR) is 80.8 cm³/mol. The molecule has 0 aliphatic heterocycles. The third kappa shape index (κ3) is 3.45. The van der Waals surface area contributed by atoms with Crippen molar-refractivity contribution in [3.63, 3.8) is 0 Å². The number of aromatic nitrogens is 2. The summed E-state index contributed by atoms with van der Waals surface area (Å²) in [6.07, 6.45) is 4.98. The van der Waals surface area contributed by atoms with E-state index < -0.39 is 21.7 Å². The number of carbonyl (C=O) groups is 1. The number of nitrogens with one attached hydrogen (secondary N) is 1. The van der Waals surface area contributed by atoms with Gasteiger partial charge in [0, 0.05) is 18.8 Å². The summed E-state index contributed by atoms with van der Waals surface area (Å²) in [7, 11) is -3.85. The highest BCUT2D eigenvalue weighted by Gasteiger charge is 2.24. The third-order valence-electron chi connectivity index (χ3n) is 3.54. The summed E-state index contributed by atoms with van der Waals surface area (Å²) < 4.78 is 28.5. The number of phenols is 1. The number of aromatic carboxylic acids is 1. The van der Waals surface area contributed by atoms with Gasteiger partial charge >= 0.3 is 5.97 Å². The standard InChI is InChI=1S/C14H15N3O5S/c18-13-5-10(3-4-12(13)14(19)20)16-23(21,22)11-6-15-17(8-11)7-9-1-2-9/h3-6,8-9,16,18H,1-2,7H2,(H,19,20). The van der Waals surface area contributed by atoms with Crippen LogP contribution in [0.5, 0.6) is 5.75 Å². The molecule has 0 saturated heterocycles. The van der Waals surface area contributed by atoms with E-state index in [1.807, 2.05) is 0 Å². The van der Waals surface area contributed by atoms with E-state index in [0.29, 0.717) is 12.5 Å². The van der Waals surface area contributed by atoms with Gasteiger partial charge in [0.2, 0.25) is 0 Å². The van der Waals surface area contributed by atoms with Gasteiger partial charge in [-0.25, -0.2) is 13.2 Å². The molecule has 1 aliphatic rings. The zero-order chi connectivity index (χ0) is 16.6. The molecule has 0 bridgehead atoms. The molecule has 0 unspecified atom stereocenters. The van der Waals surface area contributed by atoms with Crippen LogP contribution in [0.15, 0.2) is 35.5 Å². The molecule has 1 aromatic carbocycles. The van der Waals surface area contributed by atoms with Gasteiger partial charge in [0.15, 0.2) is 0 Å². The zero-order valence-electron chi connectivity index (χ0n) is 12.0. The summed E-state index contributed by atoms with van der Waals surface area (Å²) in [5.41, 5.74) is -0.229. The number of hydrogen-bond donors (Lipinski definition) is 3. The van der Waals surface area contributed by atoms with Gasteiger partial charge in [-0.3, -0.25) is 9.40 Å². The van der Waals surface area contributed by atoms with Crippen LogP contribution in [-0.4, -0.2) is 34.4 Å². The lowest BCUT2D eigenvalue weighted by molar-refractivity contribution is 0.0694. The second kappa shape index (κ2) is 5.58. The fourth-order valence-corrected chi connectivity index (χ4v) is 3.14. The molecule has 1 heterocycles. The summed E-state index contributed by atoms with van der Waals surface area (Å²) >= 11 is 0. The maximum Gasteiger partial charge on any atom is 0.339 e. The van der Waals surface area contributed by atoms with E-state index in [-0.39, 0.29) is 16.1 Å². The summed E-state index contributed by atoms with van der Waals surface area (Å²) in [6.45, 7) is 0.698. The topological polar surface area (TPSA) is 122 Å². The van der Waals surface area contributed by atoms with Crippen molar-refractivity contribution < 1.29 is 23.4 Å². The molecule has 2 aromatic rings. The second-order valence-corrected chi connectivity index (χ2v) is 7.17. The maximum absolute atomic E-state index is 12.3. The number of carboxylic acid groups (broad SMARTS) is 1. The Morgan fingerprint density at radius 3 is 2.74 bits per heavy atom. The van der Waals surface area contributed by atoms with Crippen LogP contribution in [0, 0.1) is 5.92 Å². The van der Waals surface area contributed by atoms with E-state index in [0.717, 1.165) is 25.0 Å². The highest BCUT2D eigenvalue weighted by Crippen LogP contribution is 2.30. The lowest BCUT2D eigenvalue weighted by Crippen LogP contribution is -2.12. The lowest BCUT2D eigenvalue weighted by atomic mass is 10.2. The first kappa shape index (κ1) is 15.3. The van der Waals surface area contributed by atoms with E-state index in [1.165, 1.54) is 18.5 Å². The average molecular weight is 337 g/mol. The zero-order valence-corrected chi connectivity index (χ0v) is 12.8. The molecule has 3 rings (SSSR count). The van der Waals surface area contributed by atoms with Crippen molar-refractivity contribution in [3.05, 3.63) is 36.2 Å². The van der Waals surface area contributed by atoms with Gasteiger partial charge in [-0.15, -0.1) is 0 Å². The second-order valence-electron chi connectivity index (χ2n) is 5.48. The Morgan fingerprint density at radius 2 is 2.13 bits per heavy atom. The summed E-state index contributed by atoms with van der Waals surface area (Å²) in [6, 6.07) is 3.46. The van der Waals surface area contributed by atoms with Gasteiger partial charge in [-0.05, 0) is 30.9 Å². The molecule has 1 saturated carbocycles. The molecule has 0 amide bonds. The first-order valence-electron chi connectivity index (χ1n) is 6.97. The molecule has 3 N–H and O–H groups in total. The molecule has 23 heavy (non-hydrogen) atoms. The number of benzene rings is 1. The number of nitrogens with zero attached hydrogens (tertiary/aromatic N) is 2. The van der Waals surface area contributed by atoms with Gasteiger partial charge in [-0.2, -0.15) is 5.10 Å². The number of sulfonamides is 1. The van der Waals surface area contributed by atoms with Gasteiger partial charge in [0.25, 0.3) is 10.0 Å². The van der Waals surface area contributed by atoms with Crippen LogP contribution in [0.25, 0.3) is 0 Å². The van der Waals surface area contributed by atoms with Gasteiger partial charge in [-0.1, -0.05) is 0 Å². The Labute approximate surface area is 132 Å². The smallest absolute Gasteiger partial charge is 0.339 e. The summed E-state index contributed by atoms with van der Waals surface area (Å²) in [5, 5.41) is 22.5. The number of carboxylic acids is 1. The van der Waals surface area contributed by atoms with Crippen LogP contribution in [0.2, 0.25) is 0 Å². The van der Waals surface area contributed by atoms with Crippen LogP contribution in [-0.2, 0) is 16.6 Å². The number of hydrogen-bond acceptors (Lipinski definition) is 5. The molecule has 122 valence electrons. The van der Waals surface area contributed by atoms with E-state index >= 15 is 0 Å². The summed E-state index contributed by atoms with van der Waals surface area (Å²) in [4.78, 5) is 10.8. The highest BCUT2D eigenvalue weighted by molar-refractivity contribution is 7.92. The Kier molecular flexibility index (Phi) is 3.72. The van der Waals surface area contributed by atoms with Crippen LogP contribution in [0.3, 0.4) is 0 Å². The largest absolute Gasteiger partial charge is 0.507 e. The molecule has 0 spiro atoms. The van der Waals surface area contributed by atoms with E-state index in [1.54, 1.807) is 4.68 Å². The van der Waals surface area contributed by atoms with Gasteiger partial charge in [0.1, 0.15) is 16.2 Å². The van der Waals surface area contributed by atoms with Crippen molar-refractivity contribution in [2.75, 3.05) is 4.72 Å². The van der Waals surface area contributed by atoms with E-state index in [4.69, 9.17) is 5.11 Å². The number of rotatable bonds is 6. The van der Waals surface area contributed by atoms with Crippen LogP contribution >= 0.6 is 0 Å². The van der Waals surface area contributed by atoms with Crippen molar-refractivity contribution in [1.29, 1.82) is 0 Å². The van der Waals surface area contributed by atoms with Gasteiger partial charge < -0.3 is 10.2 Å².